The zero-order chi connectivity index (χ0) is 48.1. The minimum atomic E-state index is -1.03. The lowest BCUT2D eigenvalue weighted by Gasteiger charge is -2.35. The molecule has 3 N–H and O–H groups in total. The molecule has 2 fully saturated rings. The van der Waals surface area contributed by atoms with Crippen molar-refractivity contribution in [3.05, 3.63) is 106 Å². The van der Waals surface area contributed by atoms with E-state index in [1.807, 2.05) is 68.6 Å². The number of likely N-dealkylation sites (tertiary alicyclic amines) is 1. The molecule has 2 aromatic carbocycles. The summed E-state index contributed by atoms with van der Waals surface area (Å²) in [6.45, 7) is 13.4. The molecule has 69 heavy (non-hydrogen) atoms. The number of carbonyl (C=O) groups excluding carboxylic acids is 4. The highest BCUT2D eigenvalue weighted by Gasteiger charge is 2.45. The average molecular weight is 954 g/mol. The smallest absolute Gasteiger partial charge is 0.272 e. The third-order valence-electron chi connectivity index (χ3n) is 14.2. The third kappa shape index (κ3) is 9.24. The Balaban J connectivity index is 0.823. The maximum Gasteiger partial charge on any atom is 0.272 e. The molecule has 360 valence electrons. The summed E-state index contributed by atoms with van der Waals surface area (Å²) in [6, 6.07) is 14.2. The van der Waals surface area contributed by atoms with Crippen LogP contribution in [-0.4, -0.2) is 119 Å². The molecule has 8 heterocycles. The van der Waals surface area contributed by atoms with Crippen LogP contribution in [-0.2, 0) is 51.6 Å². The number of hydrogen-bond donors (Lipinski definition) is 3. The lowest BCUT2D eigenvalue weighted by atomic mass is 9.85. The largest absolute Gasteiger partial charge is 0.391 e. The number of β-amino-alcohol motifs (C(OH)–C–C–N with tert-alkyl or cyclic N) is 1. The lowest BCUT2D eigenvalue weighted by molar-refractivity contribution is -0.142. The highest BCUT2D eigenvalue weighted by Crippen LogP contribution is 2.38. The average Bonchev–Trinajstić information content (AvgIpc) is 4.16. The van der Waals surface area contributed by atoms with Crippen molar-refractivity contribution in [1.29, 1.82) is 0 Å². The number of carbonyl (C=O) groups is 4. The number of nitrogens with one attached hydrogen (secondary N) is 2. The van der Waals surface area contributed by atoms with Crippen molar-refractivity contribution in [1.82, 2.24) is 49.8 Å². The van der Waals surface area contributed by atoms with Crippen LogP contribution in [0.2, 0.25) is 0 Å². The Morgan fingerprint density at radius 1 is 0.971 bits per heavy atom. The van der Waals surface area contributed by atoms with E-state index in [0.717, 1.165) is 89.6 Å². The Morgan fingerprint density at radius 2 is 1.77 bits per heavy atom. The van der Waals surface area contributed by atoms with Gasteiger partial charge in [0.25, 0.3) is 5.91 Å². The van der Waals surface area contributed by atoms with E-state index >= 15 is 0 Å². The second-order valence-electron chi connectivity index (χ2n) is 19.9. The fourth-order valence-electron chi connectivity index (χ4n) is 10.3. The molecular formula is C51H59N11O6S. The lowest BCUT2D eigenvalue weighted by Crippen LogP contribution is -2.57. The van der Waals surface area contributed by atoms with Crippen LogP contribution < -0.4 is 15.5 Å². The Kier molecular flexibility index (Phi) is 12.6. The number of hydrogen-bond acceptors (Lipinski definition) is 12. The Labute approximate surface area is 404 Å². The third-order valence-corrected chi connectivity index (χ3v) is 15.1. The Morgan fingerprint density at radius 3 is 2.51 bits per heavy atom. The number of aromatic nitrogens is 6. The summed E-state index contributed by atoms with van der Waals surface area (Å²) in [5.41, 5.74) is 12.3. The molecule has 4 aliphatic heterocycles. The normalized spacial score (nSPS) is 19.1. The zero-order valence-corrected chi connectivity index (χ0v) is 40.6. The monoisotopic (exact) mass is 953 g/mol. The molecule has 0 aliphatic carbocycles. The Bertz CT molecular complexity index is 2930. The van der Waals surface area contributed by atoms with E-state index in [1.54, 1.807) is 35.0 Å². The topological polar surface area (TPSA) is 192 Å². The van der Waals surface area contributed by atoms with Gasteiger partial charge in [-0.15, -0.1) is 11.3 Å². The van der Waals surface area contributed by atoms with Crippen molar-refractivity contribution in [3.63, 3.8) is 0 Å². The van der Waals surface area contributed by atoms with Crippen molar-refractivity contribution < 1.29 is 29.0 Å². The molecule has 10 rings (SSSR count). The highest BCUT2D eigenvalue weighted by molar-refractivity contribution is 7.13. The number of amides is 4. The first kappa shape index (κ1) is 46.2. The van der Waals surface area contributed by atoms with Gasteiger partial charge in [0.1, 0.15) is 12.1 Å². The molecule has 0 bridgehead atoms. The number of nitrogens with zero attached hydrogens (tertiary/aromatic N) is 9. The van der Waals surface area contributed by atoms with Crippen molar-refractivity contribution >= 4 is 46.3 Å². The molecule has 0 radical (unpaired) electrons. The second kappa shape index (κ2) is 18.8. The van der Waals surface area contributed by atoms with Crippen molar-refractivity contribution in [3.8, 4) is 21.7 Å². The molecular weight excluding hydrogens is 895 g/mol. The fourth-order valence-corrected chi connectivity index (χ4v) is 11.2. The van der Waals surface area contributed by atoms with E-state index in [4.69, 9.17) is 14.8 Å². The molecule has 3 atom stereocenters. The van der Waals surface area contributed by atoms with Gasteiger partial charge in [0, 0.05) is 95.1 Å². The van der Waals surface area contributed by atoms with Gasteiger partial charge in [-0.1, -0.05) is 63.2 Å². The van der Waals surface area contributed by atoms with Crippen molar-refractivity contribution in [2.45, 2.75) is 111 Å². The number of aliphatic hydroxyl groups excluding tert-OH is 1. The number of anilines is 1. The summed E-state index contributed by atoms with van der Waals surface area (Å²) < 4.78 is 9.52. The quantitative estimate of drug-likeness (QED) is 0.162. The van der Waals surface area contributed by atoms with Crippen LogP contribution in [0.1, 0.15) is 97.1 Å². The summed E-state index contributed by atoms with van der Waals surface area (Å²) in [6.07, 6.45) is 6.24. The van der Waals surface area contributed by atoms with Gasteiger partial charge >= 0.3 is 0 Å². The first-order valence-corrected chi connectivity index (χ1v) is 24.8. The number of aliphatic hydroxyl groups is 1. The van der Waals surface area contributed by atoms with E-state index in [-0.39, 0.29) is 43.1 Å². The van der Waals surface area contributed by atoms with E-state index in [0.29, 0.717) is 25.3 Å². The Hall–Kier alpha value is -6.50. The molecule has 0 saturated carbocycles. The van der Waals surface area contributed by atoms with Crippen LogP contribution in [0.4, 0.5) is 5.69 Å². The van der Waals surface area contributed by atoms with Gasteiger partial charge < -0.3 is 35.2 Å². The van der Waals surface area contributed by atoms with Crippen molar-refractivity contribution in [2.75, 3.05) is 37.7 Å². The molecule has 4 aromatic heterocycles. The number of ether oxygens (including phenoxy) is 1. The molecule has 0 unspecified atom stereocenters. The highest BCUT2D eigenvalue weighted by atomic mass is 32.1. The van der Waals surface area contributed by atoms with Gasteiger partial charge in [-0.3, -0.25) is 23.9 Å². The summed E-state index contributed by atoms with van der Waals surface area (Å²) in [4.78, 5) is 70.3. The van der Waals surface area contributed by atoms with Gasteiger partial charge in [0.15, 0.2) is 11.3 Å². The summed E-state index contributed by atoms with van der Waals surface area (Å²) >= 11 is 1.58. The SMILES string of the molecule is CC(=O)N1CCc2c(c(-c3cccc4c3CCN(c3cnc5cc(C(=O)N[C@H](C(=O)N6C[C@H](O)C[C@H]6C(=O)NCc6ccc(-c7scnc7C)cc6)C(C)(C)C)nn5c3)C4)nn2C2CCOCC2)C1. The van der Waals surface area contributed by atoms with Gasteiger partial charge in [0.2, 0.25) is 17.7 Å². The predicted molar refractivity (Wildman–Crippen MR) is 260 cm³/mol. The number of rotatable bonds is 10. The van der Waals surface area contributed by atoms with Gasteiger partial charge in [-0.05, 0) is 53.9 Å². The first-order chi connectivity index (χ1) is 33.2. The zero-order valence-electron chi connectivity index (χ0n) is 39.8. The van der Waals surface area contributed by atoms with Crippen LogP contribution in [0, 0.1) is 12.3 Å². The van der Waals surface area contributed by atoms with E-state index in [2.05, 4.69) is 48.5 Å². The standard InChI is InChI=1S/C51H59N11O6S/c1-30-46(69-29-54-30)33-11-9-32(10-12-33)23-53-49(66)43-21-37(64)27-60(43)50(67)47(51(3,4)5)55-48(65)41-22-44-52-24-36(26-61(44)56-41)59-17-13-38-34(25-59)7-6-8-39(38)45-40-28-58(31(2)63)18-14-42(40)62(57-45)35-15-19-68-20-16-35/h6-12,22,24,26,29,35,37,43,47,64H,13-21,23,25,27-28H2,1-5H3,(H,53,66)(H,55,65)/t37-,43+,47-/m1/s1. The molecule has 4 aliphatic rings. The molecule has 2 saturated heterocycles. The molecule has 6 aromatic rings. The minimum absolute atomic E-state index is 0.0333. The van der Waals surface area contributed by atoms with Crippen LogP contribution >= 0.6 is 11.3 Å². The van der Waals surface area contributed by atoms with E-state index < -0.39 is 35.4 Å². The summed E-state index contributed by atoms with van der Waals surface area (Å²) in [5, 5.41) is 26.6. The predicted octanol–water partition coefficient (Wildman–Crippen LogP) is 5.27. The first-order valence-electron chi connectivity index (χ1n) is 23.9. The van der Waals surface area contributed by atoms with Crippen LogP contribution in [0.25, 0.3) is 27.3 Å². The second-order valence-corrected chi connectivity index (χ2v) is 20.7. The van der Waals surface area contributed by atoms with Crippen LogP contribution in [0.3, 0.4) is 0 Å². The van der Waals surface area contributed by atoms with E-state index in [1.165, 1.54) is 21.7 Å². The van der Waals surface area contributed by atoms with Gasteiger partial charge in [0.05, 0.1) is 52.0 Å². The van der Waals surface area contributed by atoms with Gasteiger partial charge in [-0.2, -0.15) is 10.2 Å². The molecule has 0 spiro atoms. The molecule has 4 amide bonds. The summed E-state index contributed by atoms with van der Waals surface area (Å²) in [7, 11) is 0. The summed E-state index contributed by atoms with van der Waals surface area (Å²) in [5.74, 6) is -1.32. The number of aryl methyl sites for hydroxylation is 1. The number of thiazole rings is 1. The maximum atomic E-state index is 14.4. The number of benzene rings is 2. The maximum absolute atomic E-state index is 14.4. The molecule has 17 nitrogen and oxygen atoms in total. The van der Waals surface area contributed by atoms with E-state index in [9.17, 15) is 24.3 Å². The number of fused-ring (bicyclic) bond motifs is 3. The van der Waals surface area contributed by atoms with Gasteiger partial charge in [-0.25, -0.2) is 14.5 Å². The fraction of sp³-hybridized carbons (Fsp3) is 0.451. The van der Waals surface area contributed by atoms with Crippen LogP contribution in [0.15, 0.2) is 66.4 Å². The minimum Gasteiger partial charge on any atom is -0.391 e. The van der Waals surface area contributed by atoms with Crippen LogP contribution in [0.5, 0.6) is 0 Å². The van der Waals surface area contributed by atoms with Crippen molar-refractivity contribution in [2.24, 2.45) is 5.41 Å². The molecule has 18 heteroatoms.